The summed E-state index contributed by atoms with van der Waals surface area (Å²) in [5.41, 5.74) is 4.87. The van der Waals surface area contributed by atoms with Crippen LogP contribution in [-0.2, 0) is 11.8 Å². The maximum Gasteiger partial charge on any atom is 0.127 e. The zero-order valence-electron chi connectivity index (χ0n) is 17.0. The van der Waals surface area contributed by atoms with Gasteiger partial charge in [0.15, 0.2) is 0 Å². The second-order valence-corrected chi connectivity index (χ2v) is 8.91. The number of anilines is 1. The van der Waals surface area contributed by atoms with Crippen LogP contribution in [-0.4, -0.2) is 24.3 Å². The topological polar surface area (TPSA) is 15.6 Å². The molecule has 0 aliphatic carbocycles. The maximum atomic E-state index is 15.0. The van der Waals surface area contributed by atoms with Crippen molar-refractivity contribution in [1.82, 2.24) is 0 Å². The third-order valence-electron chi connectivity index (χ3n) is 6.85. The fourth-order valence-electron chi connectivity index (χ4n) is 4.66. The number of para-hydroxylation sites is 1. The van der Waals surface area contributed by atoms with Crippen molar-refractivity contribution in [1.29, 1.82) is 0 Å². The first-order valence-electron chi connectivity index (χ1n) is 9.98. The third kappa shape index (κ3) is 2.70. The van der Waals surface area contributed by atoms with Gasteiger partial charge in [-0.15, -0.1) is 0 Å². The van der Waals surface area contributed by atoms with Crippen LogP contribution in [0.5, 0.6) is 0 Å². The number of rotatable bonds is 2. The molecule has 27 heavy (non-hydrogen) atoms. The van der Waals surface area contributed by atoms with Crippen molar-refractivity contribution in [2.24, 2.45) is 10.9 Å². The van der Waals surface area contributed by atoms with Crippen LogP contribution in [0.25, 0.3) is 0 Å². The van der Waals surface area contributed by atoms with Crippen LogP contribution in [0.4, 0.5) is 10.1 Å². The van der Waals surface area contributed by atoms with Gasteiger partial charge in [0.25, 0.3) is 0 Å². The lowest BCUT2D eigenvalue weighted by atomic mass is 9.64. The van der Waals surface area contributed by atoms with E-state index in [4.69, 9.17) is 4.99 Å². The van der Waals surface area contributed by atoms with Gasteiger partial charge >= 0.3 is 0 Å². The largest absolute Gasteiger partial charge is 0.371 e. The highest BCUT2D eigenvalue weighted by Crippen LogP contribution is 2.46. The van der Waals surface area contributed by atoms with Gasteiger partial charge in [-0.3, -0.25) is 4.99 Å². The zero-order chi connectivity index (χ0) is 19.4. The molecule has 0 saturated heterocycles. The van der Waals surface area contributed by atoms with Crippen molar-refractivity contribution in [2.75, 3.05) is 18.0 Å². The summed E-state index contributed by atoms with van der Waals surface area (Å²) in [5.74, 6) is 0.164. The Hall–Kier alpha value is -2.16. The summed E-state index contributed by atoms with van der Waals surface area (Å²) < 4.78 is 15.0. The van der Waals surface area contributed by atoms with E-state index >= 15 is 0 Å². The first kappa shape index (κ1) is 18.2. The molecular formula is C24H29FN2. The van der Waals surface area contributed by atoms with Crippen molar-refractivity contribution >= 4 is 11.4 Å². The maximum absolute atomic E-state index is 15.0. The molecule has 0 saturated carbocycles. The summed E-state index contributed by atoms with van der Waals surface area (Å²) in [7, 11) is 0. The van der Waals surface area contributed by atoms with E-state index < -0.39 is 0 Å². The van der Waals surface area contributed by atoms with Crippen molar-refractivity contribution in [3.05, 3.63) is 65.0 Å². The molecule has 0 spiro atoms. The number of hydrogen-bond donors (Lipinski definition) is 0. The molecule has 2 aliphatic rings. The lowest BCUT2D eigenvalue weighted by molar-refractivity contribution is 0.291. The number of aliphatic imine (C=N–C) groups is 1. The third-order valence-corrected chi connectivity index (χ3v) is 6.85. The highest BCUT2D eigenvalue weighted by Gasteiger charge is 2.46. The average molecular weight is 365 g/mol. The Morgan fingerprint density at radius 1 is 1.07 bits per heavy atom. The van der Waals surface area contributed by atoms with Gasteiger partial charge in [-0.25, -0.2) is 4.39 Å². The molecule has 142 valence electrons. The predicted octanol–water partition coefficient (Wildman–Crippen LogP) is 5.38. The SMILES string of the molecule is CCN1CC(C2=NC(C)(C)C(C)(C)c3c(F)cccc32)Cc2ccccc21. The quantitative estimate of drug-likeness (QED) is 0.698. The minimum absolute atomic E-state index is 0.110. The number of hydrogen-bond acceptors (Lipinski definition) is 2. The van der Waals surface area contributed by atoms with E-state index in [1.807, 2.05) is 6.07 Å². The van der Waals surface area contributed by atoms with Crippen LogP contribution in [0, 0.1) is 11.7 Å². The normalized spacial score (nSPS) is 22.7. The van der Waals surface area contributed by atoms with Crippen LogP contribution < -0.4 is 4.90 Å². The Kier molecular flexibility index (Phi) is 4.17. The van der Waals surface area contributed by atoms with Crippen molar-refractivity contribution < 1.29 is 4.39 Å². The van der Waals surface area contributed by atoms with Gasteiger partial charge in [-0.2, -0.15) is 0 Å². The van der Waals surface area contributed by atoms with Gasteiger partial charge in [0.05, 0.1) is 5.54 Å². The Morgan fingerprint density at radius 2 is 1.81 bits per heavy atom. The van der Waals surface area contributed by atoms with Crippen LogP contribution in [0.2, 0.25) is 0 Å². The first-order chi connectivity index (χ1) is 12.8. The number of nitrogens with zero attached hydrogens (tertiary/aromatic N) is 2. The molecule has 2 aliphatic heterocycles. The molecule has 0 amide bonds. The summed E-state index contributed by atoms with van der Waals surface area (Å²) in [5, 5.41) is 0. The lowest BCUT2D eigenvalue weighted by Crippen LogP contribution is -2.49. The van der Waals surface area contributed by atoms with Gasteiger partial charge < -0.3 is 4.90 Å². The van der Waals surface area contributed by atoms with E-state index in [9.17, 15) is 4.39 Å². The summed E-state index contributed by atoms with van der Waals surface area (Å²) in [6.45, 7) is 12.6. The second kappa shape index (κ2) is 6.19. The Bertz CT molecular complexity index is 910. The summed E-state index contributed by atoms with van der Waals surface area (Å²) in [6, 6.07) is 14.1. The molecule has 1 atom stereocenters. The lowest BCUT2D eigenvalue weighted by Gasteiger charge is -2.46. The van der Waals surface area contributed by atoms with Crippen LogP contribution in [0.3, 0.4) is 0 Å². The van der Waals surface area contributed by atoms with Gasteiger partial charge in [-0.05, 0) is 44.9 Å². The average Bonchev–Trinajstić information content (AvgIpc) is 2.63. The molecule has 0 radical (unpaired) electrons. The highest BCUT2D eigenvalue weighted by molar-refractivity contribution is 6.06. The molecule has 2 aromatic carbocycles. The molecule has 1 unspecified atom stereocenters. The monoisotopic (exact) mass is 364 g/mol. The van der Waals surface area contributed by atoms with E-state index in [2.05, 4.69) is 69.9 Å². The molecule has 0 N–H and O–H groups in total. The molecule has 4 rings (SSSR count). The van der Waals surface area contributed by atoms with E-state index in [-0.39, 0.29) is 22.7 Å². The highest BCUT2D eigenvalue weighted by atomic mass is 19.1. The molecule has 3 heteroatoms. The Balaban J connectivity index is 1.85. The summed E-state index contributed by atoms with van der Waals surface area (Å²) >= 11 is 0. The van der Waals surface area contributed by atoms with Crippen molar-refractivity contribution in [3.8, 4) is 0 Å². The van der Waals surface area contributed by atoms with Gasteiger partial charge in [0, 0.05) is 46.9 Å². The predicted molar refractivity (Wildman–Crippen MR) is 112 cm³/mol. The molecule has 0 aromatic heterocycles. The molecule has 0 fully saturated rings. The van der Waals surface area contributed by atoms with Crippen molar-refractivity contribution in [2.45, 2.75) is 52.0 Å². The zero-order valence-corrected chi connectivity index (χ0v) is 17.0. The van der Waals surface area contributed by atoms with Crippen molar-refractivity contribution in [3.63, 3.8) is 0 Å². The molecule has 2 heterocycles. The number of benzene rings is 2. The van der Waals surface area contributed by atoms with Gasteiger partial charge in [-0.1, -0.05) is 44.2 Å². The fraction of sp³-hybridized carbons (Fsp3) is 0.458. The summed E-state index contributed by atoms with van der Waals surface area (Å²) in [6.07, 6.45) is 0.956. The smallest absolute Gasteiger partial charge is 0.127 e. The van der Waals surface area contributed by atoms with Crippen LogP contribution in [0.15, 0.2) is 47.5 Å². The molecule has 0 bridgehead atoms. The van der Waals surface area contributed by atoms with E-state index in [0.29, 0.717) is 0 Å². The molecule has 2 nitrogen and oxygen atoms in total. The summed E-state index contributed by atoms with van der Waals surface area (Å²) in [4.78, 5) is 7.67. The van der Waals surface area contributed by atoms with Gasteiger partial charge in [0.1, 0.15) is 5.82 Å². The Morgan fingerprint density at radius 3 is 2.56 bits per heavy atom. The Labute approximate surface area is 162 Å². The molecular weight excluding hydrogens is 335 g/mol. The van der Waals surface area contributed by atoms with Gasteiger partial charge in [0.2, 0.25) is 0 Å². The van der Waals surface area contributed by atoms with E-state index in [1.54, 1.807) is 6.07 Å². The van der Waals surface area contributed by atoms with Crippen LogP contribution >= 0.6 is 0 Å². The van der Waals surface area contributed by atoms with E-state index in [1.165, 1.54) is 11.3 Å². The fourth-order valence-corrected chi connectivity index (χ4v) is 4.66. The minimum Gasteiger partial charge on any atom is -0.371 e. The first-order valence-corrected chi connectivity index (χ1v) is 9.98. The number of fused-ring (bicyclic) bond motifs is 2. The minimum atomic E-state index is -0.356. The number of halogens is 1. The second-order valence-electron chi connectivity index (χ2n) is 8.91. The standard InChI is InChI=1S/C24H29FN2/c1-6-27-15-17(14-16-10-7-8-13-20(16)27)22-18-11-9-12-19(25)21(18)23(2,3)24(4,5)26-22/h7-13,17H,6,14-15H2,1-5H3. The van der Waals surface area contributed by atoms with E-state index in [0.717, 1.165) is 36.3 Å². The molecule has 2 aromatic rings. The van der Waals surface area contributed by atoms with Crippen LogP contribution in [0.1, 0.15) is 51.3 Å².